The van der Waals surface area contributed by atoms with Crippen LogP contribution < -0.4 is 0 Å². The highest BCUT2D eigenvalue weighted by atomic mass is 79.9. The minimum atomic E-state index is -0.324. The summed E-state index contributed by atoms with van der Waals surface area (Å²) < 4.78 is 5.89. The molecule has 5 nitrogen and oxygen atoms in total. The van der Waals surface area contributed by atoms with E-state index in [-0.39, 0.29) is 41.8 Å². The first-order valence-corrected chi connectivity index (χ1v) is 12.0. The zero-order valence-electron chi connectivity index (χ0n) is 18.7. The zero-order chi connectivity index (χ0) is 22.8. The van der Waals surface area contributed by atoms with E-state index >= 15 is 0 Å². The molecule has 32 heavy (non-hydrogen) atoms. The van der Waals surface area contributed by atoms with Gasteiger partial charge in [-0.05, 0) is 47.7 Å². The second kappa shape index (κ2) is 9.57. The normalized spacial score (nSPS) is 19.4. The lowest BCUT2D eigenvalue weighted by Crippen LogP contribution is -2.31. The number of hydrogen-bond donors (Lipinski definition) is 1. The average Bonchev–Trinajstić information content (AvgIpc) is 3.45. The first-order valence-electron chi connectivity index (χ1n) is 11.2. The van der Waals surface area contributed by atoms with Gasteiger partial charge in [-0.3, -0.25) is 9.59 Å². The first kappa shape index (κ1) is 22.7. The summed E-state index contributed by atoms with van der Waals surface area (Å²) in [7, 11) is 1.37. The highest BCUT2D eigenvalue weighted by molar-refractivity contribution is 9.10. The zero-order valence-corrected chi connectivity index (χ0v) is 20.3. The molecule has 1 aliphatic rings. The summed E-state index contributed by atoms with van der Waals surface area (Å²) in [5.41, 5.74) is 2.03. The summed E-state index contributed by atoms with van der Waals surface area (Å²) in [6, 6.07) is 12.6. The summed E-state index contributed by atoms with van der Waals surface area (Å²) >= 11 is 3.52. The van der Waals surface area contributed by atoms with Gasteiger partial charge >= 0.3 is 5.97 Å². The summed E-state index contributed by atoms with van der Waals surface area (Å²) in [5.74, 6) is 0.436. The van der Waals surface area contributed by atoms with Gasteiger partial charge in [-0.2, -0.15) is 0 Å². The third-order valence-corrected chi connectivity index (χ3v) is 7.22. The van der Waals surface area contributed by atoms with Crippen molar-refractivity contribution >= 4 is 38.5 Å². The number of carbonyl (C=O) groups excluding carboxylic acids is 2. The molecule has 0 amide bonds. The van der Waals surface area contributed by atoms with Crippen LogP contribution in [0.15, 0.2) is 47.1 Å². The maximum absolute atomic E-state index is 13.4. The first-order chi connectivity index (χ1) is 15.4. The molecule has 0 aliphatic heterocycles. The predicted octanol–water partition coefficient (Wildman–Crippen LogP) is 6.28. The molecule has 3 aromatic rings. The van der Waals surface area contributed by atoms with Crippen molar-refractivity contribution in [1.29, 1.82) is 0 Å². The Labute approximate surface area is 197 Å². The molecule has 1 N–H and O–H groups in total. The van der Waals surface area contributed by atoms with Crippen molar-refractivity contribution in [3.8, 4) is 11.3 Å². The number of rotatable bonds is 7. The van der Waals surface area contributed by atoms with E-state index in [2.05, 4.69) is 56.2 Å². The van der Waals surface area contributed by atoms with Crippen LogP contribution in [0.1, 0.15) is 51.3 Å². The molecule has 1 heterocycles. The molecule has 4 rings (SSSR count). The lowest BCUT2D eigenvalue weighted by atomic mass is 9.78. The van der Waals surface area contributed by atoms with Crippen molar-refractivity contribution < 1.29 is 14.3 Å². The maximum Gasteiger partial charge on any atom is 0.306 e. The Kier molecular flexibility index (Phi) is 6.79. The number of benzene rings is 2. The van der Waals surface area contributed by atoms with Gasteiger partial charge in [-0.1, -0.05) is 54.4 Å². The number of Topliss-reactive ketones (excluding diaryl/α,β-unsaturated/α-hetero) is 1. The summed E-state index contributed by atoms with van der Waals surface area (Å²) in [5, 5.41) is 2.34. The standard InChI is InChI=1S/C26H29BrN2O3/c1-15(2)22(13-24(30)32-3)25(31)20-5-4-6-21(20)26-28-14-23(29-26)18-8-7-17-12-19(27)10-9-16(17)11-18/h7-12,14-15,20-22H,4-6,13H2,1-3H3,(H,28,29)/t20?,21-,22+/m1/s1. The SMILES string of the molecule is COC(=O)C[C@H](C(=O)C1CCC[C@H]1c1ncc(-c2ccc3cc(Br)ccc3c2)[nH]1)C(C)C. The number of carbonyl (C=O) groups is 2. The molecule has 6 heteroatoms. The fraction of sp³-hybridized carbons (Fsp3) is 0.423. The minimum absolute atomic E-state index is 0.0616. The van der Waals surface area contributed by atoms with Crippen LogP contribution >= 0.6 is 15.9 Å². The Morgan fingerprint density at radius 2 is 1.91 bits per heavy atom. The lowest BCUT2D eigenvalue weighted by Gasteiger charge is -2.25. The van der Waals surface area contributed by atoms with Gasteiger partial charge in [-0.25, -0.2) is 4.98 Å². The monoisotopic (exact) mass is 496 g/mol. The Morgan fingerprint density at radius 1 is 1.16 bits per heavy atom. The summed E-state index contributed by atoms with van der Waals surface area (Å²) in [6.07, 6.45) is 4.77. The number of imidazole rings is 1. The molecule has 0 bridgehead atoms. The largest absolute Gasteiger partial charge is 0.469 e. The molecule has 0 saturated heterocycles. The fourth-order valence-electron chi connectivity index (χ4n) is 4.89. The van der Waals surface area contributed by atoms with Gasteiger partial charge in [-0.15, -0.1) is 0 Å². The van der Waals surface area contributed by atoms with Crippen LogP contribution in [0, 0.1) is 17.8 Å². The van der Waals surface area contributed by atoms with E-state index < -0.39 is 0 Å². The van der Waals surface area contributed by atoms with Crippen molar-refractivity contribution in [2.24, 2.45) is 17.8 Å². The molecular formula is C26H29BrN2O3. The van der Waals surface area contributed by atoms with Crippen LogP contribution in [0.4, 0.5) is 0 Å². The number of nitrogens with one attached hydrogen (secondary N) is 1. The Bertz CT molecular complexity index is 1140. The van der Waals surface area contributed by atoms with Crippen LogP contribution in [0.25, 0.3) is 22.0 Å². The van der Waals surface area contributed by atoms with Gasteiger partial charge in [0.15, 0.2) is 0 Å². The summed E-state index contributed by atoms with van der Waals surface area (Å²) in [6.45, 7) is 4.00. The quantitative estimate of drug-likeness (QED) is 0.390. The Morgan fingerprint density at radius 3 is 2.66 bits per heavy atom. The molecule has 0 radical (unpaired) electrons. The van der Waals surface area contributed by atoms with E-state index in [1.165, 1.54) is 17.9 Å². The van der Waals surface area contributed by atoms with Gasteiger partial charge in [0.1, 0.15) is 11.6 Å². The number of ether oxygens (including phenoxy) is 1. The van der Waals surface area contributed by atoms with E-state index in [4.69, 9.17) is 4.74 Å². The second-order valence-corrected chi connectivity index (χ2v) is 9.98. The summed E-state index contributed by atoms with van der Waals surface area (Å²) in [4.78, 5) is 33.5. The van der Waals surface area contributed by atoms with Crippen molar-refractivity contribution in [2.45, 2.75) is 45.4 Å². The third-order valence-electron chi connectivity index (χ3n) is 6.73. The van der Waals surface area contributed by atoms with E-state index in [0.717, 1.165) is 40.8 Å². The Balaban J connectivity index is 1.57. The van der Waals surface area contributed by atoms with E-state index in [9.17, 15) is 9.59 Å². The Hall–Kier alpha value is -2.47. The number of esters is 1. The van der Waals surface area contributed by atoms with Crippen LogP contribution in [-0.2, 0) is 14.3 Å². The highest BCUT2D eigenvalue weighted by Gasteiger charge is 2.40. The van der Waals surface area contributed by atoms with Crippen LogP contribution in [0.3, 0.4) is 0 Å². The minimum Gasteiger partial charge on any atom is -0.469 e. The predicted molar refractivity (Wildman–Crippen MR) is 129 cm³/mol. The number of methoxy groups -OCH3 is 1. The van der Waals surface area contributed by atoms with Gasteiger partial charge in [0, 0.05) is 27.8 Å². The molecule has 1 fully saturated rings. The molecule has 1 aromatic heterocycles. The van der Waals surface area contributed by atoms with Crippen molar-refractivity contribution in [1.82, 2.24) is 9.97 Å². The van der Waals surface area contributed by atoms with E-state index in [1.54, 1.807) is 0 Å². The number of H-pyrrole nitrogens is 1. The molecule has 1 saturated carbocycles. The van der Waals surface area contributed by atoms with Gasteiger partial charge in [0.05, 0.1) is 25.4 Å². The van der Waals surface area contributed by atoms with Gasteiger partial charge < -0.3 is 9.72 Å². The number of halogens is 1. The smallest absolute Gasteiger partial charge is 0.306 e. The third kappa shape index (κ3) is 4.65. The molecule has 1 aliphatic carbocycles. The molecule has 1 unspecified atom stereocenters. The molecule has 168 valence electrons. The van der Waals surface area contributed by atoms with Crippen LogP contribution in [0.2, 0.25) is 0 Å². The molecule has 0 spiro atoms. The van der Waals surface area contributed by atoms with Crippen molar-refractivity contribution in [3.05, 3.63) is 52.9 Å². The van der Waals surface area contributed by atoms with Crippen molar-refractivity contribution in [2.75, 3.05) is 7.11 Å². The molecular weight excluding hydrogens is 468 g/mol. The van der Waals surface area contributed by atoms with Crippen LogP contribution in [0.5, 0.6) is 0 Å². The van der Waals surface area contributed by atoms with Gasteiger partial charge in [0.2, 0.25) is 0 Å². The number of nitrogens with zero attached hydrogens (tertiary/aromatic N) is 1. The van der Waals surface area contributed by atoms with Crippen molar-refractivity contribution in [3.63, 3.8) is 0 Å². The number of aromatic amines is 1. The lowest BCUT2D eigenvalue weighted by molar-refractivity contribution is -0.145. The van der Waals surface area contributed by atoms with Gasteiger partial charge in [0.25, 0.3) is 0 Å². The topological polar surface area (TPSA) is 72.1 Å². The van der Waals surface area contributed by atoms with E-state index in [1.807, 2.05) is 26.1 Å². The van der Waals surface area contributed by atoms with Crippen LogP contribution in [-0.4, -0.2) is 28.8 Å². The maximum atomic E-state index is 13.4. The highest BCUT2D eigenvalue weighted by Crippen LogP contribution is 2.42. The number of fused-ring (bicyclic) bond motifs is 1. The number of ketones is 1. The second-order valence-electron chi connectivity index (χ2n) is 9.07. The van der Waals surface area contributed by atoms with E-state index in [0.29, 0.717) is 0 Å². The molecule has 2 aromatic carbocycles. The molecule has 3 atom stereocenters. The number of hydrogen-bond acceptors (Lipinski definition) is 4. The average molecular weight is 497 g/mol. The fourth-order valence-corrected chi connectivity index (χ4v) is 5.27. The number of aromatic nitrogens is 2.